The molecule has 0 radical (unpaired) electrons. The molecular weight excluding hydrogens is 521 g/mol. The number of carbonyl (C=O) groups is 2. The Labute approximate surface area is 228 Å². The second-order valence-corrected chi connectivity index (χ2v) is 11.6. The van der Waals surface area contributed by atoms with Crippen LogP contribution >= 0.6 is 34.8 Å². The maximum Gasteiger partial charge on any atom is 0.410 e. The van der Waals surface area contributed by atoms with Crippen molar-refractivity contribution in [3.63, 3.8) is 0 Å². The van der Waals surface area contributed by atoms with Crippen molar-refractivity contribution in [1.82, 2.24) is 9.80 Å². The highest BCUT2D eigenvalue weighted by Gasteiger charge is 2.40. The summed E-state index contributed by atoms with van der Waals surface area (Å²) >= 11 is 18.9. The van der Waals surface area contributed by atoms with Crippen LogP contribution in [0.3, 0.4) is 0 Å². The van der Waals surface area contributed by atoms with Gasteiger partial charge in [0.2, 0.25) is 5.91 Å². The number of rotatable bonds is 3. The van der Waals surface area contributed by atoms with Crippen molar-refractivity contribution >= 4 is 52.5 Å². The Bertz CT molecular complexity index is 1100. The molecule has 0 aliphatic carbocycles. The molecule has 9 heteroatoms. The van der Waals surface area contributed by atoms with Gasteiger partial charge in [-0.3, -0.25) is 9.69 Å². The van der Waals surface area contributed by atoms with Crippen molar-refractivity contribution < 1.29 is 14.3 Å². The Balaban J connectivity index is 1.60. The quantitative estimate of drug-likeness (QED) is 0.419. The number of benzene rings is 2. The van der Waals surface area contributed by atoms with E-state index in [9.17, 15) is 9.59 Å². The van der Waals surface area contributed by atoms with E-state index in [1.165, 1.54) is 0 Å². The van der Waals surface area contributed by atoms with E-state index in [0.717, 1.165) is 24.1 Å². The number of piperazine rings is 1. The predicted octanol–water partition coefficient (Wildman–Crippen LogP) is 6.83. The lowest BCUT2D eigenvalue weighted by molar-refractivity contribution is -0.139. The zero-order valence-electron chi connectivity index (χ0n) is 20.8. The highest BCUT2D eigenvalue weighted by molar-refractivity contribution is 6.36. The van der Waals surface area contributed by atoms with Crippen molar-refractivity contribution in [2.45, 2.75) is 57.7 Å². The van der Waals surface area contributed by atoms with Gasteiger partial charge in [0.05, 0.1) is 16.8 Å². The van der Waals surface area contributed by atoms with Crippen molar-refractivity contribution in [2.75, 3.05) is 31.1 Å². The van der Waals surface area contributed by atoms with Crippen LogP contribution in [-0.2, 0) is 9.53 Å². The number of ether oxygens (including phenoxy) is 1. The third-order valence-electron chi connectivity index (χ3n) is 6.58. The maximum atomic E-state index is 13.8. The summed E-state index contributed by atoms with van der Waals surface area (Å²) in [5.41, 5.74) is 1.27. The van der Waals surface area contributed by atoms with Gasteiger partial charge in [-0.05, 0) is 75.9 Å². The minimum Gasteiger partial charge on any atom is -0.444 e. The molecule has 36 heavy (non-hydrogen) atoms. The Morgan fingerprint density at radius 1 is 0.917 bits per heavy atom. The Morgan fingerprint density at radius 2 is 1.61 bits per heavy atom. The van der Waals surface area contributed by atoms with Crippen LogP contribution in [0, 0.1) is 0 Å². The molecule has 0 N–H and O–H groups in total. The number of piperidine rings is 1. The van der Waals surface area contributed by atoms with Gasteiger partial charge < -0.3 is 14.5 Å². The molecule has 2 atom stereocenters. The fourth-order valence-electron chi connectivity index (χ4n) is 4.89. The van der Waals surface area contributed by atoms with Gasteiger partial charge in [-0.25, -0.2) is 4.79 Å². The average Bonchev–Trinajstić information content (AvgIpc) is 2.83. The molecule has 2 fully saturated rings. The highest BCUT2D eigenvalue weighted by atomic mass is 35.5. The number of hydrogen-bond acceptors (Lipinski definition) is 4. The molecule has 6 nitrogen and oxygen atoms in total. The smallest absolute Gasteiger partial charge is 0.410 e. The number of likely N-dealkylation sites (tertiary alicyclic amines) is 1. The van der Waals surface area contributed by atoms with Crippen molar-refractivity contribution in [3.8, 4) is 0 Å². The first-order valence-electron chi connectivity index (χ1n) is 12.3. The van der Waals surface area contributed by atoms with Gasteiger partial charge in [-0.1, -0.05) is 46.9 Å². The summed E-state index contributed by atoms with van der Waals surface area (Å²) in [6.45, 7) is 7.58. The summed E-state index contributed by atoms with van der Waals surface area (Å²) in [5.74, 6) is -0.0404. The van der Waals surface area contributed by atoms with Crippen LogP contribution in [0.25, 0.3) is 0 Å². The van der Waals surface area contributed by atoms with E-state index in [4.69, 9.17) is 39.5 Å². The van der Waals surface area contributed by atoms with Crippen LogP contribution < -0.4 is 4.90 Å². The van der Waals surface area contributed by atoms with E-state index in [1.54, 1.807) is 11.0 Å². The van der Waals surface area contributed by atoms with Gasteiger partial charge in [-0.2, -0.15) is 0 Å². The van der Waals surface area contributed by atoms with Gasteiger partial charge in [0, 0.05) is 36.2 Å². The molecule has 194 valence electrons. The Morgan fingerprint density at radius 3 is 2.28 bits per heavy atom. The van der Waals surface area contributed by atoms with E-state index < -0.39 is 17.7 Å². The van der Waals surface area contributed by atoms with Crippen molar-refractivity contribution in [2.24, 2.45) is 0 Å². The monoisotopic (exact) mass is 551 g/mol. The van der Waals surface area contributed by atoms with E-state index in [1.807, 2.05) is 62.1 Å². The molecule has 0 bridgehead atoms. The molecular formula is C27H32Cl3N3O3. The molecule has 0 spiro atoms. The molecule has 2 amide bonds. The van der Waals surface area contributed by atoms with Crippen molar-refractivity contribution in [1.29, 1.82) is 0 Å². The van der Waals surface area contributed by atoms with Crippen molar-refractivity contribution in [3.05, 3.63) is 63.1 Å². The summed E-state index contributed by atoms with van der Waals surface area (Å²) in [5, 5.41) is 1.78. The van der Waals surface area contributed by atoms with Crippen LogP contribution in [0.5, 0.6) is 0 Å². The molecule has 2 saturated heterocycles. The molecule has 2 aliphatic rings. The first-order valence-corrected chi connectivity index (χ1v) is 13.4. The first-order chi connectivity index (χ1) is 17.0. The predicted molar refractivity (Wildman–Crippen MR) is 145 cm³/mol. The van der Waals surface area contributed by atoms with E-state index >= 15 is 0 Å². The van der Waals surface area contributed by atoms with E-state index in [2.05, 4.69) is 4.90 Å². The van der Waals surface area contributed by atoms with Crippen LogP contribution in [0.2, 0.25) is 15.1 Å². The van der Waals surface area contributed by atoms with Gasteiger partial charge >= 0.3 is 6.09 Å². The molecule has 2 heterocycles. The van der Waals surface area contributed by atoms with Gasteiger partial charge in [0.1, 0.15) is 11.6 Å². The summed E-state index contributed by atoms with van der Waals surface area (Å²) in [4.78, 5) is 32.4. The zero-order chi connectivity index (χ0) is 26.0. The molecule has 2 aromatic carbocycles. The standard InChI is InChI=1S/C27H32Cl3N3O3/c1-27(2,3)36-26(35)33-13-5-4-6-23(33)25(34)31-14-15-32(22-12-11-20(29)16-21(22)30)24(17-31)18-7-9-19(28)10-8-18/h7-12,16,23-24H,4-6,13-15,17H2,1-3H3/t23?,24-/m0/s1. The molecule has 1 unspecified atom stereocenters. The lowest BCUT2D eigenvalue weighted by Gasteiger charge is -2.45. The van der Waals surface area contributed by atoms with Gasteiger partial charge in [-0.15, -0.1) is 0 Å². The second-order valence-electron chi connectivity index (χ2n) is 10.3. The topological polar surface area (TPSA) is 53.1 Å². The van der Waals surface area contributed by atoms with Crippen LogP contribution in [0.1, 0.15) is 51.6 Å². The van der Waals surface area contributed by atoms with E-state index in [-0.39, 0.29) is 11.9 Å². The Kier molecular flexibility index (Phi) is 8.28. The average molecular weight is 553 g/mol. The molecule has 0 saturated carbocycles. The molecule has 0 aromatic heterocycles. The summed E-state index contributed by atoms with van der Waals surface area (Å²) in [6.07, 6.45) is 1.96. The number of anilines is 1. The van der Waals surface area contributed by atoms with Gasteiger partial charge in [0.15, 0.2) is 0 Å². The largest absolute Gasteiger partial charge is 0.444 e. The fourth-order valence-corrected chi connectivity index (χ4v) is 5.54. The number of nitrogens with zero attached hydrogens (tertiary/aromatic N) is 3. The lowest BCUT2D eigenvalue weighted by Crippen LogP contribution is -2.58. The lowest BCUT2D eigenvalue weighted by atomic mass is 9.98. The number of halogens is 3. The van der Waals surface area contributed by atoms with Crippen LogP contribution in [0.15, 0.2) is 42.5 Å². The molecule has 2 aliphatic heterocycles. The summed E-state index contributed by atoms with van der Waals surface area (Å²) in [6, 6.07) is 12.5. The SMILES string of the molecule is CC(C)(C)OC(=O)N1CCCCC1C(=O)N1CCN(c2ccc(Cl)cc2Cl)[C@H](c2ccc(Cl)cc2)C1. The minimum absolute atomic E-state index is 0.0404. The third kappa shape index (κ3) is 6.21. The first kappa shape index (κ1) is 26.9. The van der Waals surface area contributed by atoms with E-state index in [0.29, 0.717) is 47.7 Å². The highest BCUT2D eigenvalue weighted by Crippen LogP contribution is 2.37. The van der Waals surface area contributed by atoms with Gasteiger partial charge in [0.25, 0.3) is 0 Å². The summed E-state index contributed by atoms with van der Waals surface area (Å²) < 4.78 is 5.61. The maximum absolute atomic E-state index is 13.8. The number of carbonyl (C=O) groups excluding carboxylic acids is 2. The summed E-state index contributed by atoms with van der Waals surface area (Å²) in [7, 11) is 0. The number of hydrogen-bond donors (Lipinski definition) is 0. The Hall–Kier alpha value is -2.15. The fraction of sp³-hybridized carbons (Fsp3) is 0.481. The van der Waals surface area contributed by atoms with Crippen LogP contribution in [-0.4, -0.2) is 59.6 Å². The normalized spacial score (nSPS) is 20.9. The van der Waals surface area contributed by atoms with Crippen LogP contribution in [0.4, 0.5) is 10.5 Å². The molecule has 4 rings (SSSR count). The number of amides is 2. The third-order valence-corrected chi connectivity index (χ3v) is 7.37. The zero-order valence-corrected chi connectivity index (χ0v) is 23.1. The second kappa shape index (κ2) is 11.1. The minimum atomic E-state index is -0.620. The molecule has 2 aromatic rings.